The number of pyridine rings is 1. The zero-order valence-corrected chi connectivity index (χ0v) is 17.2. The minimum absolute atomic E-state index is 0.0531. The fourth-order valence-electron chi connectivity index (χ4n) is 2.95. The number of non-ortho nitro benzene ring substituents is 1. The fourth-order valence-corrected chi connectivity index (χ4v) is 2.95. The third-order valence-corrected chi connectivity index (χ3v) is 4.59. The van der Waals surface area contributed by atoms with E-state index >= 15 is 0 Å². The summed E-state index contributed by atoms with van der Waals surface area (Å²) in [6.07, 6.45) is 3.15. The second kappa shape index (κ2) is 9.97. The summed E-state index contributed by atoms with van der Waals surface area (Å²) in [5.41, 5.74) is 1.76. The van der Waals surface area contributed by atoms with Gasteiger partial charge in [0.25, 0.3) is 5.69 Å². The van der Waals surface area contributed by atoms with Crippen LogP contribution in [0.4, 0.5) is 5.69 Å². The molecule has 8 heteroatoms. The van der Waals surface area contributed by atoms with Gasteiger partial charge in [-0.15, -0.1) is 0 Å². The smallest absolute Gasteiger partial charge is 0.365 e. The summed E-state index contributed by atoms with van der Waals surface area (Å²) in [6, 6.07) is 25.0. The van der Waals surface area contributed by atoms with Gasteiger partial charge in [-0.3, -0.25) is 15.1 Å². The molecule has 0 bridgehead atoms. The van der Waals surface area contributed by atoms with Crippen LogP contribution in [0.15, 0.2) is 109 Å². The summed E-state index contributed by atoms with van der Waals surface area (Å²) >= 11 is 0. The quantitative estimate of drug-likeness (QED) is 0.165. The first-order chi connectivity index (χ1) is 16.1. The number of aromatic nitrogens is 1. The Hall–Kier alpha value is -4.85. The number of carbonyl (C=O) groups is 1. The molecule has 0 saturated carbocycles. The van der Waals surface area contributed by atoms with Gasteiger partial charge < -0.3 is 9.57 Å². The van der Waals surface area contributed by atoms with E-state index in [1.54, 1.807) is 60.9 Å². The number of hydrogen-bond donors (Lipinski definition) is 0. The third kappa shape index (κ3) is 5.45. The number of ether oxygens (including phenoxy) is 1. The predicted molar refractivity (Wildman–Crippen MR) is 121 cm³/mol. The Morgan fingerprint density at radius 1 is 0.758 bits per heavy atom. The Balaban J connectivity index is 1.53. The topological polar surface area (TPSA) is 104 Å². The number of carbonyl (C=O) groups excluding carboxylic acids is 1. The van der Waals surface area contributed by atoms with Gasteiger partial charge in [-0.05, 0) is 60.7 Å². The first kappa shape index (κ1) is 21.4. The van der Waals surface area contributed by atoms with Gasteiger partial charge in [-0.25, -0.2) is 4.79 Å². The van der Waals surface area contributed by atoms with E-state index in [0.717, 1.165) is 0 Å². The van der Waals surface area contributed by atoms with E-state index in [2.05, 4.69) is 10.1 Å². The standard InChI is InChI=1S/C25H17N3O5/c29-25(20-8-12-23(13-9-20)32-22-4-2-1-3-5-22)33-27-24(19-14-16-26-17-15-19)18-6-10-21(11-7-18)28(30)31/h1-17H. The lowest BCUT2D eigenvalue weighted by molar-refractivity contribution is -0.384. The van der Waals surface area contributed by atoms with E-state index < -0.39 is 10.9 Å². The molecule has 1 aromatic heterocycles. The maximum Gasteiger partial charge on any atom is 0.365 e. The molecule has 0 unspecified atom stereocenters. The maximum absolute atomic E-state index is 12.6. The highest BCUT2D eigenvalue weighted by molar-refractivity contribution is 6.12. The van der Waals surface area contributed by atoms with Gasteiger partial charge in [0.1, 0.15) is 17.2 Å². The van der Waals surface area contributed by atoms with Gasteiger partial charge >= 0.3 is 5.97 Å². The van der Waals surface area contributed by atoms with Crippen molar-refractivity contribution in [3.05, 3.63) is 130 Å². The van der Waals surface area contributed by atoms with E-state index in [4.69, 9.17) is 9.57 Å². The van der Waals surface area contributed by atoms with E-state index in [0.29, 0.717) is 28.3 Å². The van der Waals surface area contributed by atoms with E-state index in [1.165, 1.54) is 12.1 Å². The van der Waals surface area contributed by atoms with Crippen molar-refractivity contribution >= 4 is 17.4 Å². The summed E-state index contributed by atoms with van der Waals surface area (Å²) in [5.74, 6) is 0.599. The van der Waals surface area contributed by atoms with Crippen LogP contribution in [-0.4, -0.2) is 21.6 Å². The molecule has 33 heavy (non-hydrogen) atoms. The van der Waals surface area contributed by atoms with Gasteiger partial charge in [-0.2, -0.15) is 0 Å². The minimum Gasteiger partial charge on any atom is -0.457 e. The Morgan fingerprint density at radius 2 is 1.33 bits per heavy atom. The molecule has 0 atom stereocenters. The number of hydrogen-bond acceptors (Lipinski definition) is 7. The largest absolute Gasteiger partial charge is 0.457 e. The van der Waals surface area contributed by atoms with Crippen LogP contribution in [0.25, 0.3) is 0 Å². The second-order valence-corrected chi connectivity index (χ2v) is 6.80. The van der Waals surface area contributed by atoms with E-state index in [-0.39, 0.29) is 11.3 Å². The van der Waals surface area contributed by atoms with Crippen molar-refractivity contribution in [2.45, 2.75) is 0 Å². The molecule has 4 rings (SSSR count). The molecule has 0 radical (unpaired) electrons. The molecule has 8 nitrogen and oxygen atoms in total. The number of nitrogens with zero attached hydrogens (tertiary/aromatic N) is 3. The van der Waals surface area contributed by atoms with E-state index in [1.807, 2.05) is 30.3 Å². The molecule has 1 heterocycles. The molecule has 0 spiro atoms. The number of para-hydroxylation sites is 1. The highest BCUT2D eigenvalue weighted by atomic mass is 16.7. The van der Waals surface area contributed by atoms with Crippen LogP contribution in [0.3, 0.4) is 0 Å². The molecule has 0 fully saturated rings. The molecule has 4 aromatic rings. The van der Waals surface area contributed by atoms with Crippen LogP contribution in [0, 0.1) is 10.1 Å². The van der Waals surface area contributed by atoms with Crippen LogP contribution in [0.2, 0.25) is 0 Å². The number of nitro groups is 1. The van der Waals surface area contributed by atoms with Crippen molar-refractivity contribution in [3.8, 4) is 11.5 Å². The average molecular weight is 439 g/mol. The SMILES string of the molecule is O=C(ON=C(c1ccncc1)c1ccc([N+](=O)[O-])cc1)c1ccc(Oc2ccccc2)cc1. The maximum atomic E-state index is 12.6. The van der Waals surface area contributed by atoms with Gasteiger partial charge in [-0.1, -0.05) is 23.4 Å². The number of nitro benzene ring substituents is 1. The van der Waals surface area contributed by atoms with Crippen molar-refractivity contribution in [2.24, 2.45) is 5.16 Å². The van der Waals surface area contributed by atoms with Crippen molar-refractivity contribution in [3.63, 3.8) is 0 Å². The second-order valence-electron chi connectivity index (χ2n) is 6.80. The predicted octanol–water partition coefficient (Wildman–Crippen LogP) is 5.39. The zero-order chi connectivity index (χ0) is 23.0. The lowest BCUT2D eigenvalue weighted by Gasteiger charge is -2.07. The Morgan fingerprint density at radius 3 is 1.97 bits per heavy atom. The Labute approximate surface area is 188 Å². The first-order valence-electron chi connectivity index (χ1n) is 9.88. The summed E-state index contributed by atoms with van der Waals surface area (Å²) in [6.45, 7) is 0. The van der Waals surface area contributed by atoms with Crippen LogP contribution in [0.1, 0.15) is 21.5 Å². The molecule has 0 amide bonds. The third-order valence-electron chi connectivity index (χ3n) is 4.59. The van der Waals surface area contributed by atoms with Crippen molar-refractivity contribution in [1.82, 2.24) is 4.98 Å². The van der Waals surface area contributed by atoms with Crippen LogP contribution < -0.4 is 4.74 Å². The molecular weight excluding hydrogens is 422 g/mol. The molecule has 0 saturated heterocycles. The highest BCUT2D eigenvalue weighted by Crippen LogP contribution is 2.22. The average Bonchev–Trinajstić information content (AvgIpc) is 2.86. The minimum atomic E-state index is -0.658. The summed E-state index contributed by atoms with van der Waals surface area (Å²) in [5, 5.41) is 15.0. The molecule has 0 aliphatic rings. The number of benzene rings is 3. The van der Waals surface area contributed by atoms with Gasteiger partial charge in [0.2, 0.25) is 0 Å². The van der Waals surface area contributed by atoms with Crippen LogP contribution in [-0.2, 0) is 4.84 Å². The number of oxime groups is 1. The molecule has 0 aliphatic carbocycles. The van der Waals surface area contributed by atoms with Crippen LogP contribution in [0.5, 0.6) is 11.5 Å². The lowest BCUT2D eigenvalue weighted by atomic mass is 10.0. The first-order valence-corrected chi connectivity index (χ1v) is 9.88. The van der Waals surface area contributed by atoms with E-state index in [9.17, 15) is 14.9 Å². The summed E-state index contributed by atoms with van der Waals surface area (Å²) in [7, 11) is 0. The van der Waals surface area contributed by atoms with Crippen LogP contribution >= 0.6 is 0 Å². The molecular formula is C25H17N3O5. The number of rotatable bonds is 7. The van der Waals surface area contributed by atoms with Gasteiger partial charge in [0, 0.05) is 35.7 Å². The Kier molecular flexibility index (Phi) is 6.46. The highest BCUT2D eigenvalue weighted by Gasteiger charge is 2.14. The molecule has 162 valence electrons. The summed E-state index contributed by atoms with van der Waals surface area (Å²) < 4.78 is 5.72. The zero-order valence-electron chi connectivity index (χ0n) is 17.2. The van der Waals surface area contributed by atoms with Gasteiger partial charge in [0.15, 0.2) is 0 Å². The monoisotopic (exact) mass is 439 g/mol. The fraction of sp³-hybridized carbons (Fsp3) is 0. The van der Waals surface area contributed by atoms with Gasteiger partial charge in [0.05, 0.1) is 10.5 Å². The molecule has 3 aromatic carbocycles. The lowest BCUT2D eigenvalue weighted by Crippen LogP contribution is -2.08. The molecule has 0 N–H and O–H groups in total. The van der Waals surface area contributed by atoms with Crippen molar-refractivity contribution in [2.75, 3.05) is 0 Å². The Bertz CT molecular complexity index is 1270. The normalized spacial score (nSPS) is 11.0. The molecule has 0 aliphatic heterocycles. The summed E-state index contributed by atoms with van der Waals surface area (Å²) in [4.78, 5) is 32.2. The van der Waals surface area contributed by atoms with Crippen molar-refractivity contribution < 1.29 is 19.3 Å². The van der Waals surface area contributed by atoms with Crippen molar-refractivity contribution in [1.29, 1.82) is 0 Å².